The van der Waals surface area contributed by atoms with Crippen molar-refractivity contribution < 1.29 is 27.1 Å². The first-order chi connectivity index (χ1) is 7.63. The van der Waals surface area contributed by atoms with Crippen LogP contribution in [-0.4, -0.2) is 31.0 Å². The molecule has 1 aromatic carbocycles. The van der Waals surface area contributed by atoms with Gasteiger partial charge in [0, 0.05) is 11.2 Å². The molecule has 0 fully saturated rings. The molecule has 1 aromatic rings. The third-order valence-electron chi connectivity index (χ3n) is 1.75. The van der Waals surface area contributed by atoms with Gasteiger partial charge >= 0.3 is 11.2 Å². The van der Waals surface area contributed by atoms with Gasteiger partial charge in [0.2, 0.25) is 0 Å². The molecule has 8 heteroatoms. The maximum absolute atomic E-state index is 12.8. The van der Waals surface area contributed by atoms with Crippen LogP contribution in [0.1, 0.15) is 0 Å². The number of thioether (sulfide) groups is 1. The lowest BCUT2D eigenvalue weighted by Gasteiger charge is -2.10. The predicted octanol–water partition coefficient (Wildman–Crippen LogP) is 1.86. The minimum absolute atomic E-state index is 0.0134. The van der Waals surface area contributed by atoms with E-state index in [0.717, 1.165) is 30.5 Å². The second-order valence-electron chi connectivity index (χ2n) is 3.17. The Morgan fingerprint density at radius 3 is 2.12 bits per heavy atom. The fourth-order valence-corrected chi connectivity index (χ4v) is 2.23. The highest BCUT2D eigenvalue weighted by atomic mass is 32.2. The largest absolute Gasteiger partial charge is 0.476 e. The van der Waals surface area contributed by atoms with Crippen molar-refractivity contribution in [3.63, 3.8) is 0 Å². The Morgan fingerprint density at radius 2 is 1.76 bits per heavy atom. The molecule has 0 aliphatic carbocycles. The SMILES string of the molecule is CS(=O)(=O)c1ccc(SC(F)(F)C(=O)O)cc1. The Morgan fingerprint density at radius 1 is 1.29 bits per heavy atom. The Labute approximate surface area is 101 Å². The molecular weight excluding hydrogens is 274 g/mol. The van der Waals surface area contributed by atoms with Crippen molar-refractivity contribution in [2.45, 2.75) is 15.0 Å². The van der Waals surface area contributed by atoms with Crippen molar-refractivity contribution in [1.29, 1.82) is 0 Å². The van der Waals surface area contributed by atoms with Crippen LogP contribution >= 0.6 is 11.8 Å². The molecule has 0 radical (unpaired) electrons. The fourth-order valence-electron chi connectivity index (χ4n) is 0.947. The minimum atomic E-state index is -3.94. The van der Waals surface area contributed by atoms with Crippen LogP contribution in [0, 0.1) is 0 Å². The number of benzene rings is 1. The van der Waals surface area contributed by atoms with Crippen molar-refractivity contribution in [3.8, 4) is 0 Å². The first-order valence-electron chi connectivity index (χ1n) is 4.23. The van der Waals surface area contributed by atoms with E-state index in [-0.39, 0.29) is 21.6 Å². The van der Waals surface area contributed by atoms with Crippen LogP contribution in [-0.2, 0) is 14.6 Å². The second-order valence-corrected chi connectivity index (χ2v) is 6.37. The van der Waals surface area contributed by atoms with Crippen molar-refractivity contribution in [2.75, 3.05) is 6.26 Å². The van der Waals surface area contributed by atoms with Gasteiger partial charge in [-0.2, -0.15) is 8.78 Å². The summed E-state index contributed by atoms with van der Waals surface area (Å²) >= 11 is -0.154. The van der Waals surface area contributed by atoms with Crippen LogP contribution in [0.25, 0.3) is 0 Å². The molecule has 0 unspecified atom stereocenters. The maximum atomic E-state index is 12.8. The van der Waals surface area contributed by atoms with E-state index in [1.807, 2.05) is 0 Å². The number of alkyl halides is 2. The Balaban J connectivity index is 2.94. The first-order valence-corrected chi connectivity index (χ1v) is 6.94. The number of hydrogen-bond donors (Lipinski definition) is 1. The summed E-state index contributed by atoms with van der Waals surface area (Å²) in [6, 6.07) is 4.57. The molecule has 94 valence electrons. The van der Waals surface area contributed by atoms with E-state index in [1.54, 1.807) is 0 Å². The van der Waals surface area contributed by atoms with Crippen molar-refractivity contribution >= 4 is 27.6 Å². The number of carboxylic acids is 1. The number of aliphatic carboxylic acids is 1. The summed E-state index contributed by atoms with van der Waals surface area (Å²) in [6.45, 7) is 0. The lowest BCUT2D eigenvalue weighted by atomic mass is 10.4. The van der Waals surface area contributed by atoms with Crippen LogP contribution in [0.4, 0.5) is 8.78 Å². The Bertz CT molecular complexity index is 522. The molecule has 0 aromatic heterocycles. The number of carbonyl (C=O) groups is 1. The van der Waals surface area contributed by atoms with Gasteiger partial charge in [0.15, 0.2) is 9.84 Å². The molecule has 1 rings (SSSR count). The van der Waals surface area contributed by atoms with E-state index in [4.69, 9.17) is 5.11 Å². The van der Waals surface area contributed by atoms with Gasteiger partial charge < -0.3 is 5.11 Å². The van der Waals surface area contributed by atoms with Crippen LogP contribution in [0.15, 0.2) is 34.1 Å². The maximum Gasteiger partial charge on any atom is 0.393 e. The summed E-state index contributed by atoms with van der Waals surface area (Å²) in [5.41, 5.74) is 0. The molecule has 0 amide bonds. The Kier molecular flexibility index (Phi) is 3.78. The van der Waals surface area contributed by atoms with Gasteiger partial charge in [0.1, 0.15) is 0 Å². The zero-order valence-electron chi connectivity index (χ0n) is 8.55. The van der Waals surface area contributed by atoms with Crippen LogP contribution in [0.3, 0.4) is 0 Å². The molecule has 17 heavy (non-hydrogen) atoms. The zero-order chi connectivity index (χ0) is 13.3. The third kappa shape index (κ3) is 3.67. The third-order valence-corrected chi connectivity index (χ3v) is 3.81. The van der Waals surface area contributed by atoms with Crippen LogP contribution < -0.4 is 0 Å². The van der Waals surface area contributed by atoms with Gasteiger partial charge in [-0.05, 0) is 36.0 Å². The standard InChI is InChI=1S/C9H8F2O4S2/c1-17(14,15)7-4-2-6(3-5-7)16-9(10,11)8(12)13/h2-5H,1H3,(H,12,13). The molecular formula is C9H8F2O4S2. The van der Waals surface area contributed by atoms with Gasteiger partial charge in [-0.15, -0.1) is 0 Å². The molecule has 4 nitrogen and oxygen atoms in total. The molecule has 0 saturated carbocycles. The minimum Gasteiger partial charge on any atom is -0.476 e. The molecule has 0 atom stereocenters. The van der Waals surface area contributed by atoms with Gasteiger partial charge in [-0.25, -0.2) is 13.2 Å². The van der Waals surface area contributed by atoms with E-state index in [1.165, 1.54) is 0 Å². The molecule has 0 saturated heterocycles. The number of halogens is 2. The molecule has 0 aliphatic rings. The molecule has 0 spiro atoms. The predicted molar refractivity (Wildman–Crippen MR) is 58.0 cm³/mol. The first kappa shape index (κ1) is 13.9. The lowest BCUT2D eigenvalue weighted by molar-refractivity contribution is -0.152. The molecule has 0 bridgehead atoms. The van der Waals surface area contributed by atoms with Gasteiger partial charge in [-0.1, -0.05) is 0 Å². The topological polar surface area (TPSA) is 71.4 Å². The van der Waals surface area contributed by atoms with Gasteiger partial charge in [-0.3, -0.25) is 0 Å². The number of carboxylic acid groups (broad SMARTS) is 1. The quantitative estimate of drug-likeness (QED) is 0.853. The second kappa shape index (κ2) is 4.61. The average molecular weight is 282 g/mol. The monoisotopic (exact) mass is 282 g/mol. The van der Waals surface area contributed by atoms with Crippen molar-refractivity contribution in [3.05, 3.63) is 24.3 Å². The summed E-state index contributed by atoms with van der Waals surface area (Å²) in [7, 11) is -3.39. The van der Waals surface area contributed by atoms with Crippen molar-refractivity contribution in [1.82, 2.24) is 0 Å². The average Bonchev–Trinajstić information content (AvgIpc) is 2.16. The molecule has 1 N–H and O–H groups in total. The smallest absolute Gasteiger partial charge is 0.393 e. The highest BCUT2D eigenvalue weighted by Gasteiger charge is 2.40. The fraction of sp³-hybridized carbons (Fsp3) is 0.222. The van der Waals surface area contributed by atoms with E-state index >= 15 is 0 Å². The van der Waals surface area contributed by atoms with Crippen LogP contribution in [0.5, 0.6) is 0 Å². The summed E-state index contributed by atoms with van der Waals surface area (Å²) in [5, 5.41) is 4.28. The highest BCUT2D eigenvalue weighted by Crippen LogP contribution is 2.36. The van der Waals surface area contributed by atoms with E-state index in [0.29, 0.717) is 0 Å². The number of hydrogen-bond acceptors (Lipinski definition) is 4. The highest BCUT2D eigenvalue weighted by molar-refractivity contribution is 8.01. The van der Waals surface area contributed by atoms with Crippen molar-refractivity contribution in [2.24, 2.45) is 0 Å². The molecule has 0 aliphatic heterocycles. The normalized spacial score (nSPS) is 12.4. The van der Waals surface area contributed by atoms with Gasteiger partial charge in [0.25, 0.3) is 0 Å². The van der Waals surface area contributed by atoms with E-state index < -0.39 is 21.1 Å². The summed E-state index contributed by atoms with van der Waals surface area (Å²) in [4.78, 5) is 10.1. The summed E-state index contributed by atoms with van der Waals surface area (Å²) in [5.74, 6) is -2.24. The number of rotatable bonds is 4. The zero-order valence-corrected chi connectivity index (χ0v) is 10.2. The summed E-state index contributed by atoms with van der Waals surface area (Å²) < 4.78 is 47.8. The summed E-state index contributed by atoms with van der Waals surface area (Å²) in [6.07, 6.45) is 0.987. The molecule has 0 heterocycles. The lowest BCUT2D eigenvalue weighted by Crippen LogP contribution is -2.23. The Hall–Kier alpha value is -1.15. The van der Waals surface area contributed by atoms with E-state index in [2.05, 4.69) is 0 Å². The van der Waals surface area contributed by atoms with Gasteiger partial charge in [0.05, 0.1) is 4.90 Å². The number of sulfone groups is 1. The van der Waals surface area contributed by atoms with Crippen LogP contribution in [0.2, 0.25) is 0 Å². The van der Waals surface area contributed by atoms with E-state index in [9.17, 15) is 22.0 Å².